The lowest BCUT2D eigenvalue weighted by molar-refractivity contribution is -0.132. The van der Waals surface area contributed by atoms with Crippen molar-refractivity contribution in [3.05, 3.63) is 58.9 Å². The molecule has 2 atom stereocenters. The Labute approximate surface area is 175 Å². The molecule has 0 saturated carbocycles. The molecule has 0 bridgehead atoms. The van der Waals surface area contributed by atoms with Gasteiger partial charge in [-0.25, -0.2) is 4.39 Å². The van der Waals surface area contributed by atoms with Gasteiger partial charge < -0.3 is 20.1 Å². The van der Waals surface area contributed by atoms with E-state index in [1.807, 2.05) is 18.2 Å². The summed E-state index contributed by atoms with van der Waals surface area (Å²) >= 11 is 0. The van der Waals surface area contributed by atoms with Crippen molar-refractivity contribution in [3.8, 4) is 17.2 Å². The molecule has 6 nitrogen and oxygen atoms in total. The number of ether oxygens (including phenoxy) is 2. The summed E-state index contributed by atoms with van der Waals surface area (Å²) in [6.07, 6.45) is 0.658. The van der Waals surface area contributed by atoms with Crippen molar-refractivity contribution in [2.24, 2.45) is 0 Å². The first kappa shape index (κ1) is 20.5. The second kappa shape index (κ2) is 9.35. The molecule has 30 heavy (non-hydrogen) atoms. The number of hydrogen-bond acceptors (Lipinski definition) is 5. The number of amides is 1. The number of fused-ring (bicyclic) bond motifs is 3. The fraction of sp³-hybridized carbons (Fsp3) is 0.391. The molecule has 0 spiro atoms. The van der Waals surface area contributed by atoms with Crippen molar-refractivity contribution in [2.75, 3.05) is 19.7 Å². The van der Waals surface area contributed by atoms with E-state index in [0.717, 1.165) is 40.8 Å². The number of carbonyl (C=O) groups is 1. The first-order chi connectivity index (χ1) is 14.6. The van der Waals surface area contributed by atoms with E-state index >= 15 is 0 Å². The van der Waals surface area contributed by atoms with E-state index in [-0.39, 0.29) is 11.7 Å². The second-order valence-corrected chi connectivity index (χ2v) is 7.60. The van der Waals surface area contributed by atoms with Crippen molar-refractivity contribution in [1.82, 2.24) is 10.6 Å². The maximum Gasteiger partial charge on any atom is 0.251 e. The molecule has 1 amide bonds. The van der Waals surface area contributed by atoms with Crippen LogP contribution in [0, 0.1) is 17.1 Å². The molecule has 2 aromatic carbocycles. The smallest absolute Gasteiger partial charge is 0.251 e. The Morgan fingerprint density at radius 1 is 1.23 bits per heavy atom. The normalized spacial score (nSPS) is 19.4. The highest BCUT2D eigenvalue weighted by Crippen LogP contribution is 2.32. The average Bonchev–Trinajstić information content (AvgIpc) is 3.12. The molecule has 2 aliphatic heterocycles. The van der Waals surface area contributed by atoms with Crippen LogP contribution in [0.15, 0.2) is 36.4 Å². The summed E-state index contributed by atoms with van der Waals surface area (Å²) in [4.78, 5) is 12.5. The van der Waals surface area contributed by atoms with Crippen LogP contribution in [0.5, 0.6) is 0 Å². The van der Waals surface area contributed by atoms with Gasteiger partial charge in [-0.3, -0.25) is 4.79 Å². The van der Waals surface area contributed by atoms with Crippen LogP contribution in [-0.2, 0) is 33.9 Å². The average molecular weight is 409 g/mol. The summed E-state index contributed by atoms with van der Waals surface area (Å²) in [6, 6.07) is 12.2. The monoisotopic (exact) mass is 409 g/mol. The number of halogens is 1. The lowest BCUT2D eigenvalue weighted by atomic mass is 9.93. The molecule has 2 heterocycles. The number of hydrogen-bond donors (Lipinski definition) is 2. The molecule has 2 N–H and O–H groups in total. The fourth-order valence-electron chi connectivity index (χ4n) is 3.88. The van der Waals surface area contributed by atoms with Crippen LogP contribution in [0.2, 0.25) is 0 Å². The van der Waals surface area contributed by atoms with Gasteiger partial charge in [0.15, 0.2) is 0 Å². The molecule has 2 aromatic rings. The predicted octanol–water partition coefficient (Wildman–Crippen LogP) is 2.45. The first-order valence-corrected chi connectivity index (χ1v) is 10.1. The Morgan fingerprint density at radius 3 is 2.80 bits per heavy atom. The van der Waals surface area contributed by atoms with Gasteiger partial charge in [0.1, 0.15) is 18.0 Å². The fourth-order valence-corrected chi connectivity index (χ4v) is 3.88. The highest BCUT2D eigenvalue weighted by molar-refractivity contribution is 5.81. The largest absolute Gasteiger partial charge is 0.372 e. The zero-order chi connectivity index (χ0) is 20.9. The van der Waals surface area contributed by atoms with Gasteiger partial charge in [0.05, 0.1) is 19.3 Å². The maximum atomic E-state index is 13.6. The number of carbonyl (C=O) groups excluding carboxylic acids is 1. The predicted molar refractivity (Wildman–Crippen MR) is 109 cm³/mol. The van der Waals surface area contributed by atoms with Crippen LogP contribution < -0.4 is 10.6 Å². The summed E-state index contributed by atoms with van der Waals surface area (Å²) < 4.78 is 24.9. The molecule has 0 radical (unpaired) electrons. The Morgan fingerprint density at radius 2 is 2.00 bits per heavy atom. The first-order valence-electron chi connectivity index (χ1n) is 10.1. The van der Waals surface area contributed by atoms with E-state index in [1.54, 1.807) is 6.07 Å². The van der Waals surface area contributed by atoms with Crippen LogP contribution in [0.3, 0.4) is 0 Å². The topological polar surface area (TPSA) is 83.4 Å². The lowest BCUT2D eigenvalue weighted by Gasteiger charge is -2.18. The van der Waals surface area contributed by atoms with E-state index in [0.29, 0.717) is 32.8 Å². The minimum atomic E-state index is -0.657. The SMILES string of the molecule is N#C[C@@H](Cc1ccc2c(c1)COCc1cc(F)ccc1-2)NC(=O)[C@@H]1CNCCCO1. The zero-order valence-electron chi connectivity index (χ0n) is 16.6. The minimum Gasteiger partial charge on any atom is -0.372 e. The van der Waals surface area contributed by atoms with E-state index in [4.69, 9.17) is 9.47 Å². The van der Waals surface area contributed by atoms with Crippen LogP contribution in [0.1, 0.15) is 23.1 Å². The van der Waals surface area contributed by atoms with Crippen molar-refractivity contribution in [3.63, 3.8) is 0 Å². The summed E-state index contributed by atoms with van der Waals surface area (Å²) in [5.74, 6) is -0.553. The summed E-state index contributed by atoms with van der Waals surface area (Å²) in [6.45, 7) is 2.55. The number of rotatable bonds is 4. The summed E-state index contributed by atoms with van der Waals surface area (Å²) in [7, 11) is 0. The second-order valence-electron chi connectivity index (χ2n) is 7.60. The zero-order valence-corrected chi connectivity index (χ0v) is 16.6. The molecule has 0 unspecified atom stereocenters. The van der Waals surface area contributed by atoms with Gasteiger partial charge in [0.25, 0.3) is 5.91 Å². The van der Waals surface area contributed by atoms with Crippen LogP contribution in [0.4, 0.5) is 4.39 Å². The Bertz CT molecular complexity index is 965. The van der Waals surface area contributed by atoms with Crippen molar-refractivity contribution in [1.29, 1.82) is 5.26 Å². The molecule has 4 rings (SSSR count). The van der Waals surface area contributed by atoms with Crippen LogP contribution in [0.25, 0.3) is 11.1 Å². The van der Waals surface area contributed by atoms with E-state index in [9.17, 15) is 14.4 Å². The third-order valence-corrected chi connectivity index (χ3v) is 5.39. The molecular formula is C23H24FN3O3. The summed E-state index contributed by atoms with van der Waals surface area (Å²) in [5, 5.41) is 15.5. The van der Waals surface area contributed by atoms with Gasteiger partial charge in [-0.1, -0.05) is 24.3 Å². The van der Waals surface area contributed by atoms with Crippen molar-refractivity contribution >= 4 is 5.91 Å². The number of benzene rings is 2. The molecule has 1 fully saturated rings. The Balaban J connectivity index is 1.48. The van der Waals surface area contributed by atoms with Crippen LogP contribution in [-0.4, -0.2) is 37.7 Å². The minimum absolute atomic E-state index is 0.273. The quantitative estimate of drug-likeness (QED) is 0.811. The third kappa shape index (κ3) is 4.68. The highest BCUT2D eigenvalue weighted by atomic mass is 19.1. The molecule has 156 valence electrons. The van der Waals surface area contributed by atoms with Crippen molar-refractivity contribution in [2.45, 2.75) is 38.2 Å². The Kier molecular flexibility index (Phi) is 6.38. The molecular weight excluding hydrogens is 385 g/mol. The standard InChI is InChI=1S/C23H24FN3O3/c24-18-3-5-21-17(10-18)14-29-13-16-8-15(2-4-20(16)21)9-19(11-25)27-23(28)22-12-26-6-1-7-30-22/h2-5,8,10,19,22,26H,1,6-7,9,12-14H2,(H,27,28)/t19-,22+/m1/s1. The molecule has 1 saturated heterocycles. The molecule has 7 heteroatoms. The number of nitrogens with zero attached hydrogens (tertiary/aromatic N) is 1. The molecule has 0 aliphatic carbocycles. The highest BCUT2D eigenvalue weighted by Gasteiger charge is 2.24. The maximum absolute atomic E-state index is 13.6. The molecule has 2 aliphatic rings. The van der Waals surface area contributed by atoms with Gasteiger partial charge in [0.2, 0.25) is 0 Å². The van der Waals surface area contributed by atoms with Gasteiger partial charge in [-0.05, 0) is 52.9 Å². The number of nitriles is 1. The number of nitrogens with one attached hydrogen (secondary N) is 2. The lowest BCUT2D eigenvalue weighted by Crippen LogP contribution is -2.46. The van der Waals surface area contributed by atoms with Gasteiger partial charge in [-0.2, -0.15) is 5.26 Å². The van der Waals surface area contributed by atoms with Gasteiger partial charge >= 0.3 is 0 Å². The van der Waals surface area contributed by atoms with Gasteiger partial charge in [0, 0.05) is 19.6 Å². The van der Waals surface area contributed by atoms with E-state index < -0.39 is 12.1 Å². The van der Waals surface area contributed by atoms with Crippen LogP contribution >= 0.6 is 0 Å². The molecule has 0 aromatic heterocycles. The van der Waals surface area contributed by atoms with E-state index in [2.05, 4.69) is 16.7 Å². The van der Waals surface area contributed by atoms with Gasteiger partial charge in [-0.15, -0.1) is 0 Å². The van der Waals surface area contributed by atoms with Crippen molar-refractivity contribution < 1.29 is 18.7 Å². The van der Waals surface area contributed by atoms with E-state index in [1.165, 1.54) is 12.1 Å². The summed E-state index contributed by atoms with van der Waals surface area (Å²) in [5.41, 5.74) is 4.69. The third-order valence-electron chi connectivity index (χ3n) is 5.39. The Hall–Kier alpha value is -2.79.